The van der Waals surface area contributed by atoms with E-state index < -0.39 is 0 Å². The van der Waals surface area contributed by atoms with Crippen molar-refractivity contribution in [3.8, 4) is 11.6 Å². The van der Waals surface area contributed by atoms with Crippen LogP contribution in [0, 0.1) is 20.8 Å². The average Bonchev–Trinajstić information content (AvgIpc) is 2.68. The molecular weight excluding hydrogens is 256 g/mol. The number of benzene rings is 1. The van der Waals surface area contributed by atoms with Gasteiger partial charge in [0.2, 0.25) is 5.88 Å². The third kappa shape index (κ3) is 2.45. The molecule has 0 fully saturated rings. The summed E-state index contributed by atoms with van der Waals surface area (Å²) >= 11 is 0. The predicted octanol–water partition coefficient (Wildman–Crippen LogP) is 2.23. The summed E-state index contributed by atoms with van der Waals surface area (Å²) in [6.07, 6.45) is 0. The van der Waals surface area contributed by atoms with Crippen LogP contribution < -0.4 is 10.5 Å². The van der Waals surface area contributed by atoms with Crippen LogP contribution in [-0.2, 0) is 7.05 Å². The minimum atomic E-state index is -0.0190. The lowest BCUT2D eigenvalue weighted by Crippen LogP contribution is -2.15. The summed E-state index contributed by atoms with van der Waals surface area (Å²) in [6.45, 7) is 5.83. The largest absolute Gasteiger partial charge is 0.438 e. The smallest absolute Gasteiger partial charge is 0.229 e. The molecule has 0 unspecified atom stereocenters. The van der Waals surface area contributed by atoms with Crippen molar-refractivity contribution in [2.24, 2.45) is 17.9 Å². The van der Waals surface area contributed by atoms with E-state index in [1.165, 1.54) is 5.56 Å². The lowest BCUT2D eigenvalue weighted by molar-refractivity contribution is 0.318. The second-order valence-corrected chi connectivity index (χ2v) is 4.72. The number of hydrogen-bond acceptors (Lipinski definition) is 4. The summed E-state index contributed by atoms with van der Waals surface area (Å²) in [6, 6.07) is 5.80. The van der Waals surface area contributed by atoms with Crippen molar-refractivity contribution < 1.29 is 9.94 Å². The molecule has 1 aromatic carbocycles. The Balaban J connectivity index is 2.45. The molecule has 6 heteroatoms. The zero-order valence-electron chi connectivity index (χ0n) is 12.0. The molecule has 0 saturated carbocycles. The highest BCUT2D eigenvalue weighted by molar-refractivity contribution is 6.00. The fourth-order valence-corrected chi connectivity index (χ4v) is 1.99. The van der Waals surface area contributed by atoms with Crippen molar-refractivity contribution in [1.82, 2.24) is 9.78 Å². The third-order valence-electron chi connectivity index (χ3n) is 3.23. The summed E-state index contributed by atoms with van der Waals surface area (Å²) in [4.78, 5) is 0. The van der Waals surface area contributed by atoms with Crippen LogP contribution in [0.15, 0.2) is 23.4 Å². The maximum atomic E-state index is 8.86. The topological polar surface area (TPSA) is 85.7 Å². The molecule has 0 aliphatic rings. The molecule has 1 aromatic heterocycles. The number of ether oxygens (including phenoxy) is 1. The van der Waals surface area contributed by atoms with Gasteiger partial charge in [0.15, 0.2) is 5.84 Å². The third-order valence-corrected chi connectivity index (χ3v) is 3.23. The normalized spacial score (nSPS) is 11.7. The number of nitrogens with two attached hydrogens (primary N) is 1. The maximum absolute atomic E-state index is 8.86. The van der Waals surface area contributed by atoms with Crippen LogP contribution in [-0.4, -0.2) is 20.8 Å². The highest BCUT2D eigenvalue weighted by atomic mass is 16.5. The molecular formula is C14H18N4O2. The minimum Gasteiger partial charge on any atom is -0.438 e. The molecule has 0 aliphatic carbocycles. The standard InChI is InChI=1S/C14H18N4O2/c1-8-5-6-11(7-9(8)2)20-14-12(13(15)17-19)10(3)16-18(14)4/h5-7,19H,1-4H3,(H2,15,17). The predicted molar refractivity (Wildman–Crippen MR) is 76.4 cm³/mol. The van der Waals surface area contributed by atoms with Gasteiger partial charge in [-0.2, -0.15) is 5.10 Å². The Labute approximate surface area is 117 Å². The Kier molecular flexibility index (Phi) is 3.65. The van der Waals surface area contributed by atoms with E-state index in [0.29, 0.717) is 22.9 Å². The molecule has 3 N–H and O–H groups in total. The Bertz CT molecular complexity index is 674. The monoisotopic (exact) mass is 274 g/mol. The van der Waals surface area contributed by atoms with Crippen molar-refractivity contribution in [3.05, 3.63) is 40.6 Å². The molecule has 1 heterocycles. The molecule has 0 saturated heterocycles. The van der Waals surface area contributed by atoms with Gasteiger partial charge in [-0.1, -0.05) is 11.2 Å². The fraction of sp³-hybridized carbons (Fsp3) is 0.286. The number of aromatic nitrogens is 2. The van der Waals surface area contributed by atoms with E-state index in [2.05, 4.69) is 10.3 Å². The second kappa shape index (κ2) is 5.24. The fourth-order valence-electron chi connectivity index (χ4n) is 1.99. The molecule has 0 spiro atoms. The van der Waals surface area contributed by atoms with E-state index in [4.69, 9.17) is 15.7 Å². The van der Waals surface area contributed by atoms with Gasteiger partial charge in [-0.25, -0.2) is 4.68 Å². The average molecular weight is 274 g/mol. The Hall–Kier alpha value is -2.50. The number of amidine groups is 1. The van der Waals surface area contributed by atoms with Crippen LogP contribution >= 0.6 is 0 Å². The van der Waals surface area contributed by atoms with Crippen LogP contribution in [0.3, 0.4) is 0 Å². The molecule has 0 atom stereocenters. The van der Waals surface area contributed by atoms with Crippen LogP contribution in [0.4, 0.5) is 0 Å². The van der Waals surface area contributed by atoms with E-state index in [1.807, 2.05) is 32.0 Å². The molecule has 2 aromatic rings. The zero-order valence-corrected chi connectivity index (χ0v) is 12.0. The first-order chi connectivity index (χ1) is 9.43. The Morgan fingerprint density at radius 2 is 2.00 bits per heavy atom. The lowest BCUT2D eigenvalue weighted by Gasteiger charge is -2.09. The Morgan fingerprint density at radius 1 is 1.30 bits per heavy atom. The summed E-state index contributed by atoms with van der Waals surface area (Å²) in [5, 5.41) is 16.1. The quantitative estimate of drug-likeness (QED) is 0.389. The number of aryl methyl sites for hydroxylation is 4. The molecule has 0 bridgehead atoms. The van der Waals surface area contributed by atoms with Crippen LogP contribution in [0.5, 0.6) is 11.6 Å². The van der Waals surface area contributed by atoms with Crippen LogP contribution in [0.1, 0.15) is 22.4 Å². The minimum absolute atomic E-state index is 0.0190. The number of nitrogens with zero attached hydrogens (tertiary/aromatic N) is 3. The molecule has 0 amide bonds. The number of rotatable bonds is 3. The zero-order chi connectivity index (χ0) is 14.9. The van der Waals surface area contributed by atoms with E-state index in [0.717, 1.165) is 5.56 Å². The van der Waals surface area contributed by atoms with E-state index in [-0.39, 0.29) is 5.84 Å². The van der Waals surface area contributed by atoms with Gasteiger partial charge in [-0.3, -0.25) is 0 Å². The van der Waals surface area contributed by atoms with Gasteiger partial charge in [0.25, 0.3) is 0 Å². The van der Waals surface area contributed by atoms with Crippen molar-refractivity contribution in [3.63, 3.8) is 0 Å². The first-order valence-corrected chi connectivity index (χ1v) is 6.20. The maximum Gasteiger partial charge on any atom is 0.229 e. The van der Waals surface area contributed by atoms with Gasteiger partial charge >= 0.3 is 0 Å². The second-order valence-electron chi connectivity index (χ2n) is 4.72. The lowest BCUT2D eigenvalue weighted by atomic mass is 10.1. The van der Waals surface area contributed by atoms with Crippen molar-refractivity contribution >= 4 is 5.84 Å². The van der Waals surface area contributed by atoms with Gasteiger partial charge in [0.05, 0.1) is 5.69 Å². The number of oxime groups is 1. The molecule has 6 nitrogen and oxygen atoms in total. The number of hydrogen-bond donors (Lipinski definition) is 2. The molecule has 2 rings (SSSR count). The first kappa shape index (κ1) is 13.9. The van der Waals surface area contributed by atoms with Crippen LogP contribution in [0.2, 0.25) is 0 Å². The SMILES string of the molecule is Cc1ccc(Oc2c(C(N)=NO)c(C)nn2C)cc1C. The van der Waals surface area contributed by atoms with Crippen molar-refractivity contribution in [2.45, 2.75) is 20.8 Å². The van der Waals surface area contributed by atoms with Crippen molar-refractivity contribution in [1.29, 1.82) is 0 Å². The first-order valence-electron chi connectivity index (χ1n) is 6.20. The van der Waals surface area contributed by atoms with Crippen molar-refractivity contribution in [2.75, 3.05) is 0 Å². The van der Waals surface area contributed by atoms with E-state index in [9.17, 15) is 0 Å². The Morgan fingerprint density at radius 3 is 2.60 bits per heavy atom. The van der Waals surface area contributed by atoms with Crippen LogP contribution in [0.25, 0.3) is 0 Å². The summed E-state index contributed by atoms with van der Waals surface area (Å²) in [5.41, 5.74) is 9.14. The highest BCUT2D eigenvalue weighted by Gasteiger charge is 2.19. The van der Waals surface area contributed by atoms with E-state index >= 15 is 0 Å². The van der Waals surface area contributed by atoms with Gasteiger partial charge in [-0.15, -0.1) is 0 Å². The summed E-state index contributed by atoms with van der Waals surface area (Å²) in [5.74, 6) is 1.11. The van der Waals surface area contributed by atoms with Gasteiger partial charge < -0.3 is 15.7 Å². The van der Waals surface area contributed by atoms with Gasteiger partial charge in [0.1, 0.15) is 11.3 Å². The summed E-state index contributed by atoms with van der Waals surface area (Å²) in [7, 11) is 1.75. The van der Waals surface area contributed by atoms with Gasteiger partial charge in [-0.05, 0) is 44.0 Å². The molecule has 20 heavy (non-hydrogen) atoms. The molecule has 106 valence electrons. The van der Waals surface area contributed by atoms with Gasteiger partial charge in [0, 0.05) is 7.05 Å². The molecule has 0 aliphatic heterocycles. The molecule has 0 radical (unpaired) electrons. The summed E-state index contributed by atoms with van der Waals surface area (Å²) < 4.78 is 7.42. The van der Waals surface area contributed by atoms with E-state index in [1.54, 1.807) is 18.7 Å². The highest BCUT2D eigenvalue weighted by Crippen LogP contribution is 2.28.